The van der Waals surface area contributed by atoms with Crippen LogP contribution in [0.15, 0.2) is 16.0 Å². The number of hydrogen-bond donors (Lipinski definition) is 1. The Bertz CT molecular complexity index is 623. The quantitative estimate of drug-likeness (QED) is 0.624. The zero-order chi connectivity index (χ0) is 16.8. The zero-order valence-electron chi connectivity index (χ0n) is 13.5. The van der Waals surface area contributed by atoms with Crippen molar-refractivity contribution >= 4 is 23.6 Å². The lowest BCUT2D eigenvalue weighted by molar-refractivity contribution is -0.136. The van der Waals surface area contributed by atoms with Crippen molar-refractivity contribution in [2.45, 2.75) is 31.8 Å². The Morgan fingerprint density at radius 2 is 1.91 bits per heavy atom. The van der Waals surface area contributed by atoms with Crippen molar-refractivity contribution in [1.29, 1.82) is 0 Å². The number of amides is 2. The number of carbonyl (C=O) groups is 2. The largest absolute Gasteiger partial charge is 0.339 e. The van der Waals surface area contributed by atoms with Gasteiger partial charge in [0.15, 0.2) is 5.16 Å². The zero-order valence-corrected chi connectivity index (χ0v) is 14.3. The maximum Gasteiger partial charge on any atom is 0.251 e. The number of aryl methyl sites for hydroxylation is 1. The molecule has 0 atom stereocenters. The third kappa shape index (κ3) is 5.09. The van der Waals surface area contributed by atoms with E-state index in [0.717, 1.165) is 18.5 Å². The normalized spacial score (nSPS) is 14.9. The summed E-state index contributed by atoms with van der Waals surface area (Å²) in [4.78, 5) is 45.6. The van der Waals surface area contributed by atoms with Gasteiger partial charge in [0, 0.05) is 44.9 Å². The Morgan fingerprint density at radius 3 is 2.52 bits per heavy atom. The van der Waals surface area contributed by atoms with Gasteiger partial charge in [-0.1, -0.05) is 25.1 Å². The maximum absolute atomic E-state index is 12.2. The monoisotopic (exact) mass is 338 g/mol. The Hall–Kier alpha value is -1.83. The van der Waals surface area contributed by atoms with Crippen molar-refractivity contribution in [1.82, 2.24) is 19.8 Å². The third-order valence-electron chi connectivity index (χ3n) is 3.69. The molecule has 2 rings (SSSR count). The molecule has 2 amide bonds. The highest BCUT2D eigenvalue weighted by Gasteiger charge is 2.22. The first kappa shape index (κ1) is 17.5. The topological polar surface area (TPSA) is 86.4 Å². The van der Waals surface area contributed by atoms with Crippen molar-refractivity contribution in [2.24, 2.45) is 0 Å². The molecule has 1 aromatic rings. The van der Waals surface area contributed by atoms with Crippen LogP contribution in [0.1, 0.15) is 26.0 Å². The van der Waals surface area contributed by atoms with E-state index < -0.39 is 0 Å². The van der Waals surface area contributed by atoms with E-state index in [1.807, 2.05) is 6.92 Å². The van der Waals surface area contributed by atoms with Crippen LogP contribution in [0.3, 0.4) is 0 Å². The van der Waals surface area contributed by atoms with Gasteiger partial charge < -0.3 is 14.8 Å². The number of H-pyrrole nitrogens is 1. The van der Waals surface area contributed by atoms with Crippen LogP contribution in [0, 0.1) is 0 Å². The molecule has 1 N–H and O–H groups in total. The summed E-state index contributed by atoms with van der Waals surface area (Å²) in [6.45, 7) is 5.83. The van der Waals surface area contributed by atoms with Crippen LogP contribution in [0.2, 0.25) is 0 Å². The number of carbonyl (C=O) groups excluding carboxylic acids is 2. The van der Waals surface area contributed by atoms with Crippen molar-refractivity contribution < 1.29 is 9.59 Å². The highest BCUT2D eigenvalue weighted by Crippen LogP contribution is 2.14. The molecule has 1 aliphatic rings. The summed E-state index contributed by atoms with van der Waals surface area (Å²) in [6.07, 6.45) is 1.67. The average Bonchev–Trinajstić information content (AvgIpc) is 2.52. The molecule has 2 heterocycles. The fraction of sp³-hybridized carbons (Fsp3) is 0.600. The lowest BCUT2D eigenvalue weighted by Crippen LogP contribution is -2.50. The molecule has 23 heavy (non-hydrogen) atoms. The lowest BCUT2D eigenvalue weighted by Gasteiger charge is -2.34. The number of rotatable bonds is 5. The van der Waals surface area contributed by atoms with E-state index >= 15 is 0 Å². The molecule has 0 saturated carbocycles. The predicted octanol–water partition coefficient (Wildman–Crippen LogP) is 0.505. The van der Waals surface area contributed by atoms with Crippen LogP contribution in [0.4, 0.5) is 0 Å². The average molecular weight is 338 g/mol. The van der Waals surface area contributed by atoms with Gasteiger partial charge in [0.25, 0.3) is 5.56 Å². The van der Waals surface area contributed by atoms with E-state index in [-0.39, 0.29) is 23.1 Å². The van der Waals surface area contributed by atoms with Gasteiger partial charge in [-0.15, -0.1) is 0 Å². The van der Waals surface area contributed by atoms with Gasteiger partial charge in [0.05, 0.1) is 5.75 Å². The minimum absolute atomic E-state index is 0.00162. The number of nitrogens with one attached hydrogen (secondary N) is 1. The van der Waals surface area contributed by atoms with Gasteiger partial charge in [-0.05, 0) is 6.42 Å². The molecule has 7 nitrogen and oxygen atoms in total. The van der Waals surface area contributed by atoms with Crippen molar-refractivity contribution in [3.8, 4) is 0 Å². The molecule has 8 heteroatoms. The fourth-order valence-corrected chi connectivity index (χ4v) is 3.23. The van der Waals surface area contributed by atoms with E-state index in [1.54, 1.807) is 16.7 Å². The summed E-state index contributed by atoms with van der Waals surface area (Å²) in [5.74, 6) is 0.279. The van der Waals surface area contributed by atoms with Gasteiger partial charge in [0.1, 0.15) is 0 Å². The summed E-state index contributed by atoms with van der Waals surface area (Å²) < 4.78 is 0. The minimum Gasteiger partial charge on any atom is -0.339 e. The molecule has 126 valence electrons. The van der Waals surface area contributed by atoms with Crippen molar-refractivity contribution in [2.75, 3.05) is 31.9 Å². The van der Waals surface area contributed by atoms with E-state index in [4.69, 9.17) is 0 Å². The van der Waals surface area contributed by atoms with E-state index in [2.05, 4.69) is 9.97 Å². The van der Waals surface area contributed by atoms with Crippen LogP contribution in [0.5, 0.6) is 0 Å². The molecular formula is C15H22N4O3S. The lowest BCUT2D eigenvalue weighted by atomic mass is 10.2. The first-order chi connectivity index (χ1) is 11.0. The van der Waals surface area contributed by atoms with Crippen molar-refractivity contribution in [3.05, 3.63) is 22.1 Å². The Balaban J connectivity index is 1.87. The number of thioether (sulfide) groups is 1. The van der Waals surface area contributed by atoms with Gasteiger partial charge in [-0.2, -0.15) is 0 Å². The molecule has 0 unspecified atom stereocenters. The van der Waals surface area contributed by atoms with E-state index in [9.17, 15) is 14.4 Å². The van der Waals surface area contributed by atoms with Crippen LogP contribution >= 0.6 is 11.8 Å². The molecule has 1 aromatic heterocycles. The summed E-state index contributed by atoms with van der Waals surface area (Å²) in [7, 11) is 0. The Morgan fingerprint density at radius 1 is 1.26 bits per heavy atom. The molecular weight excluding hydrogens is 316 g/mol. The maximum atomic E-state index is 12.2. The highest BCUT2D eigenvalue weighted by atomic mass is 32.2. The second-order valence-electron chi connectivity index (χ2n) is 5.47. The first-order valence-corrected chi connectivity index (χ1v) is 8.74. The van der Waals surface area contributed by atoms with Gasteiger partial charge in [-0.25, -0.2) is 4.98 Å². The second-order valence-corrected chi connectivity index (χ2v) is 6.43. The molecule has 0 spiro atoms. The SMILES string of the molecule is CCCc1cc(=O)[nH]c(SCC(=O)N2CCN(C(C)=O)CC2)n1. The predicted molar refractivity (Wildman–Crippen MR) is 88.4 cm³/mol. The third-order valence-corrected chi connectivity index (χ3v) is 4.55. The van der Waals surface area contributed by atoms with Gasteiger partial charge >= 0.3 is 0 Å². The number of aromatic amines is 1. The highest BCUT2D eigenvalue weighted by molar-refractivity contribution is 7.99. The molecule has 0 radical (unpaired) electrons. The van der Waals surface area contributed by atoms with Crippen LogP contribution < -0.4 is 5.56 Å². The number of nitrogens with zero attached hydrogens (tertiary/aromatic N) is 3. The number of piperazine rings is 1. The molecule has 1 saturated heterocycles. The molecule has 0 bridgehead atoms. The minimum atomic E-state index is -0.187. The summed E-state index contributed by atoms with van der Waals surface area (Å²) in [5, 5.41) is 0.483. The first-order valence-electron chi connectivity index (χ1n) is 7.76. The molecule has 0 aromatic carbocycles. The standard InChI is InChI=1S/C15H22N4O3S/c1-3-4-12-9-13(21)17-15(16-12)23-10-14(22)19-7-5-18(6-8-19)11(2)20/h9H,3-8,10H2,1-2H3,(H,16,17,21). The van der Waals surface area contributed by atoms with Crippen molar-refractivity contribution in [3.63, 3.8) is 0 Å². The second kappa shape index (κ2) is 8.14. The van der Waals surface area contributed by atoms with E-state index in [0.29, 0.717) is 31.3 Å². The Kier molecular flexibility index (Phi) is 6.20. The molecule has 1 fully saturated rings. The fourth-order valence-electron chi connectivity index (χ4n) is 2.43. The smallest absolute Gasteiger partial charge is 0.251 e. The van der Waals surface area contributed by atoms with Crippen LogP contribution in [0.25, 0.3) is 0 Å². The molecule has 0 aliphatic carbocycles. The van der Waals surface area contributed by atoms with Crippen LogP contribution in [-0.4, -0.2) is 63.5 Å². The Labute approximate surface area is 139 Å². The number of hydrogen-bond acceptors (Lipinski definition) is 5. The van der Waals surface area contributed by atoms with Gasteiger partial charge in [-0.3, -0.25) is 14.4 Å². The number of aromatic nitrogens is 2. The molecule has 1 aliphatic heterocycles. The summed E-state index contributed by atoms with van der Waals surface area (Å²) in [6, 6.07) is 1.50. The summed E-state index contributed by atoms with van der Waals surface area (Å²) >= 11 is 1.25. The van der Waals surface area contributed by atoms with Gasteiger partial charge in [0.2, 0.25) is 11.8 Å². The van der Waals surface area contributed by atoms with E-state index in [1.165, 1.54) is 17.8 Å². The van der Waals surface area contributed by atoms with Crippen LogP contribution in [-0.2, 0) is 16.0 Å². The summed E-state index contributed by atoms with van der Waals surface area (Å²) in [5.41, 5.74) is 0.565.